The van der Waals surface area contributed by atoms with Crippen molar-refractivity contribution in [2.75, 3.05) is 6.61 Å². The summed E-state index contributed by atoms with van der Waals surface area (Å²) in [5.41, 5.74) is 2.71. The number of nitrogens with one attached hydrogen (secondary N) is 1. The van der Waals surface area contributed by atoms with Crippen molar-refractivity contribution in [3.63, 3.8) is 0 Å². The number of halogens is 2. The Labute approximate surface area is 218 Å². The average molecular weight is 635 g/mol. The molecular formula is C25H20BrIN2O3S. The van der Waals surface area contributed by atoms with E-state index in [4.69, 9.17) is 9.47 Å². The summed E-state index contributed by atoms with van der Waals surface area (Å²) in [5, 5.41) is 3.39. The van der Waals surface area contributed by atoms with Crippen molar-refractivity contribution in [2.45, 2.75) is 13.5 Å². The van der Waals surface area contributed by atoms with Gasteiger partial charge in [0.25, 0.3) is 5.91 Å². The molecule has 1 N–H and O–H groups in total. The minimum absolute atomic E-state index is 0.168. The Morgan fingerprint density at radius 2 is 1.85 bits per heavy atom. The molecule has 5 nitrogen and oxygen atoms in total. The molecule has 168 valence electrons. The molecule has 8 heteroatoms. The first-order valence-corrected chi connectivity index (χ1v) is 12.9. The lowest BCUT2D eigenvalue weighted by Crippen LogP contribution is -2.19. The van der Waals surface area contributed by atoms with Gasteiger partial charge in [-0.3, -0.25) is 4.79 Å². The van der Waals surface area contributed by atoms with E-state index in [0.717, 1.165) is 24.9 Å². The average Bonchev–Trinajstić information content (AvgIpc) is 3.13. The fraction of sp³-hybridized carbons (Fsp3) is 0.120. The van der Waals surface area contributed by atoms with Crippen molar-refractivity contribution in [2.24, 2.45) is 4.99 Å². The van der Waals surface area contributed by atoms with Gasteiger partial charge in [-0.1, -0.05) is 46.3 Å². The third-order valence-electron chi connectivity index (χ3n) is 4.56. The van der Waals surface area contributed by atoms with Gasteiger partial charge in [0.15, 0.2) is 16.7 Å². The van der Waals surface area contributed by atoms with Crippen LogP contribution in [0.4, 0.5) is 5.69 Å². The molecule has 1 amide bonds. The molecule has 0 spiro atoms. The highest BCUT2D eigenvalue weighted by atomic mass is 127. The van der Waals surface area contributed by atoms with Crippen LogP contribution >= 0.6 is 50.3 Å². The van der Waals surface area contributed by atoms with E-state index in [2.05, 4.69) is 48.8 Å². The zero-order valence-electron chi connectivity index (χ0n) is 17.7. The summed E-state index contributed by atoms with van der Waals surface area (Å²) in [6, 6.07) is 21.4. The van der Waals surface area contributed by atoms with Crippen LogP contribution in [0.5, 0.6) is 11.5 Å². The number of amidine groups is 1. The molecule has 1 fully saturated rings. The molecule has 4 rings (SSSR count). The number of ether oxygens (including phenoxy) is 2. The number of nitrogens with zero attached hydrogens (tertiary/aromatic N) is 1. The van der Waals surface area contributed by atoms with Gasteiger partial charge in [0.1, 0.15) is 6.61 Å². The number of carbonyl (C=O) groups is 1. The molecule has 0 aromatic heterocycles. The quantitative estimate of drug-likeness (QED) is 0.226. The Kier molecular flexibility index (Phi) is 8.11. The predicted molar refractivity (Wildman–Crippen MR) is 146 cm³/mol. The SMILES string of the molecule is CCOc1cc(/C=C2\SC(=Nc3ccccc3)NC2=O)cc(I)c1OCc1ccc(Br)cc1. The smallest absolute Gasteiger partial charge is 0.264 e. The summed E-state index contributed by atoms with van der Waals surface area (Å²) in [6.45, 7) is 2.87. The van der Waals surface area contributed by atoms with Crippen LogP contribution in [0.25, 0.3) is 6.08 Å². The summed E-state index contributed by atoms with van der Waals surface area (Å²) in [5.74, 6) is 1.17. The first-order chi connectivity index (χ1) is 16.0. The summed E-state index contributed by atoms with van der Waals surface area (Å²) < 4.78 is 13.9. The van der Waals surface area contributed by atoms with Gasteiger partial charge in [0.05, 0.1) is 20.8 Å². The maximum absolute atomic E-state index is 12.5. The molecule has 0 unspecified atom stereocenters. The lowest BCUT2D eigenvalue weighted by molar-refractivity contribution is -0.115. The third kappa shape index (κ3) is 6.39. The van der Waals surface area contributed by atoms with E-state index in [0.29, 0.717) is 34.8 Å². The molecule has 0 saturated carbocycles. The number of para-hydroxylation sites is 1. The highest BCUT2D eigenvalue weighted by Crippen LogP contribution is 2.37. The standard InChI is InChI=1S/C25H20BrIN2O3S/c1-2-31-21-13-17(12-20(27)23(21)32-15-16-8-10-18(26)11-9-16)14-22-24(30)29-25(33-22)28-19-6-4-3-5-7-19/h3-14H,2,15H2,1H3,(H,28,29,30)/b22-14-. The molecule has 1 aliphatic rings. The Bertz CT molecular complexity index is 1210. The maximum Gasteiger partial charge on any atom is 0.264 e. The molecule has 1 heterocycles. The van der Waals surface area contributed by atoms with Gasteiger partial charge in [-0.2, -0.15) is 0 Å². The van der Waals surface area contributed by atoms with Crippen LogP contribution in [0.3, 0.4) is 0 Å². The second-order valence-electron chi connectivity index (χ2n) is 7.00. The van der Waals surface area contributed by atoms with Gasteiger partial charge < -0.3 is 14.8 Å². The fourth-order valence-electron chi connectivity index (χ4n) is 3.06. The van der Waals surface area contributed by atoms with Gasteiger partial charge >= 0.3 is 0 Å². The van der Waals surface area contributed by atoms with Crippen molar-refractivity contribution in [3.05, 3.63) is 90.8 Å². The largest absolute Gasteiger partial charge is 0.490 e. The second kappa shape index (κ2) is 11.2. The zero-order chi connectivity index (χ0) is 23.2. The molecule has 0 aliphatic carbocycles. The fourth-order valence-corrected chi connectivity index (χ4v) is 4.95. The van der Waals surface area contributed by atoms with Crippen LogP contribution in [0, 0.1) is 3.57 Å². The van der Waals surface area contributed by atoms with Gasteiger partial charge in [-0.15, -0.1) is 0 Å². The number of hydrogen-bond donors (Lipinski definition) is 1. The van der Waals surface area contributed by atoms with Gasteiger partial charge in [-0.25, -0.2) is 4.99 Å². The minimum atomic E-state index is -0.168. The van der Waals surface area contributed by atoms with E-state index in [9.17, 15) is 4.79 Å². The van der Waals surface area contributed by atoms with E-state index in [1.807, 2.05) is 79.7 Å². The number of rotatable bonds is 7. The van der Waals surface area contributed by atoms with E-state index in [1.165, 1.54) is 11.8 Å². The van der Waals surface area contributed by atoms with Crippen LogP contribution in [0.1, 0.15) is 18.1 Å². The van der Waals surface area contributed by atoms with Gasteiger partial charge in [0.2, 0.25) is 0 Å². The van der Waals surface area contributed by atoms with Crippen molar-refractivity contribution in [3.8, 4) is 11.5 Å². The van der Waals surface area contributed by atoms with Crippen LogP contribution in [-0.2, 0) is 11.4 Å². The van der Waals surface area contributed by atoms with Crippen LogP contribution in [0.2, 0.25) is 0 Å². The molecule has 0 atom stereocenters. The molecule has 0 bridgehead atoms. The normalized spacial score (nSPS) is 15.7. The maximum atomic E-state index is 12.5. The second-order valence-corrected chi connectivity index (χ2v) is 10.1. The Hall–Kier alpha value is -2.30. The number of hydrogen-bond acceptors (Lipinski definition) is 5. The summed E-state index contributed by atoms with van der Waals surface area (Å²) in [7, 11) is 0. The minimum Gasteiger partial charge on any atom is -0.490 e. The van der Waals surface area contributed by atoms with E-state index < -0.39 is 0 Å². The molecule has 0 radical (unpaired) electrons. The molecule has 3 aromatic rings. The Morgan fingerprint density at radius 1 is 1.09 bits per heavy atom. The molecule has 1 aliphatic heterocycles. The van der Waals surface area contributed by atoms with Crippen molar-refractivity contribution < 1.29 is 14.3 Å². The Balaban J connectivity index is 1.55. The van der Waals surface area contributed by atoms with Crippen molar-refractivity contribution in [1.29, 1.82) is 0 Å². The first-order valence-electron chi connectivity index (χ1n) is 10.2. The zero-order valence-corrected chi connectivity index (χ0v) is 22.2. The highest BCUT2D eigenvalue weighted by molar-refractivity contribution is 14.1. The highest BCUT2D eigenvalue weighted by Gasteiger charge is 2.24. The third-order valence-corrected chi connectivity index (χ3v) is 6.80. The molecule has 3 aromatic carbocycles. The number of amides is 1. The van der Waals surface area contributed by atoms with E-state index in [-0.39, 0.29) is 5.91 Å². The van der Waals surface area contributed by atoms with Crippen molar-refractivity contribution in [1.82, 2.24) is 5.32 Å². The van der Waals surface area contributed by atoms with Gasteiger partial charge in [-0.05, 0) is 94.9 Å². The van der Waals surface area contributed by atoms with E-state index in [1.54, 1.807) is 0 Å². The summed E-state index contributed by atoms with van der Waals surface area (Å²) >= 11 is 7.00. The first kappa shape index (κ1) is 23.8. The molecular weight excluding hydrogens is 615 g/mol. The lowest BCUT2D eigenvalue weighted by Gasteiger charge is -2.15. The number of thioether (sulfide) groups is 1. The monoisotopic (exact) mass is 634 g/mol. The summed E-state index contributed by atoms with van der Waals surface area (Å²) in [4.78, 5) is 17.6. The number of benzene rings is 3. The topological polar surface area (TPSA) is 59.9 Å². The molecule has 33 heavy (non-hydrogen) atoms. The lowest BCUT2D eigenvalue weighted by atomic mass is 10.2. The number of aliphatic imine (C=N–C) groups is 1. The number of carbonyl (C=O) groups excluding carboxylic acids is 1. The van der Waals surface area contributed by atoms with Crippen molar-refractivity contribution >= 4 is 73.1 Å². The van der Waals surface area contributed by atoms with Crippen LogP contribution < -0.4 is 14.8 Å². The van der Waals surface area contributed by atoms with E-state index >= 15 is 0 Å². The van der Waals surface area contributed by atoms with Crippen LogP contribution in [0.15, 0.2) is 81.1 Å². The molecule has 1 saturated heterocycles. The summed E-state index contributed by atoms with van der Waals surface area (Å²) in [6.07, 6.45) is 1.84. The van der Waals surface area contributed by atoms with Crippen LogP contribution in [-0.4, -0.2) is 17.7 Å². The Morgan fingerprint density at radius 3 is 2.58 bits per heavy atom. The van der Waals surface area contributed by atoms with Gasteiger partial charge in [0, 0.05) is 4.47 Å². The predicted octanol–water partition coefficient (Wildman–Crippen LogP) is 6.92.